The quantitative estimate of drug-likeness (QED) is 0.815. The fourth-order valence-corrected chi connectivity index (χ4v) is 2.57. The molecule has 110 valence electrons. The maximum atomic E-state index is 13.4. The first-order chi connectivity index (χ1) is 9.38. The first-order valence-electron chi connectivity index (χ1n) is 5.96. The number of hydrogen-bond acceptors (Lipinski definition) is 3. The second kappa shape index (κ2) is 5.73. The Balaban J connectivity index is 1.94. The second-order valence-electron chi connectivity index (χ2n) is 4.34. The Bertz CT molecular complexity index is 599. The summed E-state index contributed by atoms with van der Waals surface area (Å²) < 4.78 is 36.8. The van der Waals surface area contributed by atoms with Gasteiger partial charge in [-0.05, 0) is 12.1 Å². The minimum atomic E-state index is -3.73. The number of carbonyl (C=O) groups excluding carboxylic acids is 1. The summed E-state index contributed by atoms with van der Waals surface area (Å²) in [7, 11) is -3.73. The lowest BCUT2D eigenvalue weighted by molar-refractivity contribution is 0.184. The Morgan fingerprint density at radius 3 is 2.35 bits per heavy atom. The molecule has 0 unspecified atom stereocenters. The third-order valence-electron chi connectivity index (χ3n) is 3.00. The Labute approximate surface area is 116 Å². The molecule has 1 saturated heterocycles. The Hall–Kier alpha value is -1.71. The van der Waals surface area contributed by atoms with Gasteiger partial charge in [-0.15, -0.1) is 0 Å². The average molecular weight is 302 g/mol. The lowest BCUT2D eigenvalue weighted by Crippen LogP contribution is -2.53. The van der Waals surface area contributed by atoms with Gasteiger partial charge in [-0.1, -0.05) is 12.1 Å². The van der Waals surface area contributed by atoms with E-state index in [0.717, 1.165) is 4.31 Å². The van der Waals surface area contributed by atoms with Gasteiger partial charge in [0.2, 0.25) is 0 Å². The van der Waals surface area contributed by atoms with Crippen LogP contribution >= 0.6 is 0 Å². The topological polar surface area (TPSA) is 95.7 Å². The molecule has 0 bridgehead atoms. The van der Waals surface area contributed by atoms with E-state index in [0.29, 0.717) is 0 Å². The first kappa shape index (κ1) is 14.7. The standard InChI is InChI=1S/C11H15FN4O3S/c12-9-3-1-2-4-10(9)14-11(17)15-5-7-16(8-6-15)20(13,18)19/h1-4H,5-8H2,(H,14,17)(H2,13,18,19). The number of nitrogens with zero attached hydrogens (tertiary/aromatic N) is 2. The molecule has 1 heterocycles. The molecule has 1 aliphatic rings. The van der Waals surface area contributed by atoms with E-state index in [1.54, 1.807) is 6.07 Å². The maximum Gasteiger partial charge on any atom is 0.322 e. The number of urea groups is 1. The highest BCUT2D eigenvalue weighted by atomic mass is 32.2. The van der Waals surface area contributed by atoms with Crippen molar-refractivity contribution in [2.45, 2.75) is 0 Å². The van der Waals surface area contributed by atoms with Crippen molar-refractivity contribution in [3.63, 3.8) is 0 Å². The number of hydrogen-bond donors (Lipinski definition) is 2. The van der Waals surface area contributed by atoms with Crippen LogP contribution in [0.3, 0.4) is 0 Å². The van der Waals surface area contributed by atoms with Gasteiger partial charge in [0.05, 0.1) is 5.69 Å². The molecule has 9 heteroatoms. The number of rotatable bonds is 2. The van der Waals surface area contributed by atoms with Crippen molar-refractivity contribution in [1.82, 2.24) is 9.21 Å². The zero-order valence-electron chi connectivity index (χ0n) is 10.6. The Morgan fingerprint density at radius 1 is 1.20 bits per heavy atom. The first-order valence-corrected chi connectivity index (χ1v) is 7.46. The molecule has 20 heavy (non-hydrogen) atoms. The van der Waals surface area contributed by atoms with Gasteiger partial charge in [-0.3, -0.25) is 0 Å². The summed E-state index contributed by atoms with van der Waals surface area (Å²) in [6, 6.07) is 5.36. The van der Waals surface area contributed by atoms with Crippen LogP contribution in [-0.2, 0) is 10.2 Å². The fraction of sp³-hybridized carbons (Fsp3) is 0.364. The fourth-order valence-electron chi connectivity index (χ4n) is 1.90. The molecule has 0 saturated carbocycles. The van der Waals surface area contributed by atoms with E-state index >= 15 is 0 Å². The molecule has 0 aliphatic carbocycles. The van der Waals surface area contributed by atoms with Crippen molar-refractivity contribution in [2.75, 3.05) is 31.5 Å². The maximum absolute atomic E-state index is 13.4. The van der Waals surface area contributed by atoms with E-state index in [2.05, 4.69) is 5.32 Å². The van der Waals surface area contributed by atoms with Gasteiger partial charge in [-0.2, -0.15) is 12.7 Å². The molecule has 1 fully saturated rings. The van der Waals surface area contributed by atoms with Gasteiger partial charge in [0.25, 0.3) is 10.2 Å². The minimum Gasteiger partial charge on any atom is -0.322 e. The van der Waals surface area contributed by atoms with Crippen molar-refractivity contribution < 1.29 is 17.6 Å². The summed E-state index contributed by atoms with van der Waals surface area (Å²) in [6.45, 7) is 0.667. The van der Waals surface area contributed by atoms with Gasteiger partial charge >= 0.3 is 6.03 Å². The number of para-hydroxylation sites is 1. The van der Waals surface area contributed by atoms with E-state index in [9.17, 15) is 17.6 Å². The number of nitrogens with two attached hydrogens (primary N) is 1. The number of carbonyl (C=O) groups is 1. The zero-order valence-corrected chi connectivity index (χ0v) is 11.4. The highest BCUT2D eigenvalue weighted by Gasteiger charge is 2.26. The second-order valence-corrected chi connectivity index (χ2v) is 5.89. The number of nitrogens with one attached hydrogen (secondary N) is 1. The third-order valence-corrected chi connectivity index (χ3v) is 4.09. The van der Waals surface area contributed by atoms with Gasteiger partial charge in [0, 0.05) is 26.2 Å². The highest BCUT2D eigenvalue weighted by Crippen LogP contribution is 2.14. The third kappa shape index (κ3) is 3.44. The van der Waals surface area contributed by atoms with Crippen LogP contribution in [-0.4, -0.2) is 49.8 Å². The molecule has 1 aromatic rings. The van der Waals surface area contributed by atoms with Crippen LogP contribution in [0.15, 0.2) is 24.3 Å². The molecular weight excluding hydrogens is 287 g/mol. The summed E-state index contributed by atoms with van der Waals surface area (Å²) >= 11 is 0. The van der Waals surface area contributed by atoms with Gasteiger partial charge < -0.3 is 10.2 Å². The molecule has 3 N–H and O–H groups in total. The van der Waals surface area contributed by atoms with Crippen molar-refractivity contribution in [3.05, 3.63) is 30.1 Å². The van der Waals surface area contributed by atoms with Crippen LogP contribution in [0, 0.1) is 5.82 Å². The van der Waals surface area contributed by atoms with Crippen LogP contribution in [0.2, 0.25) is 0 Å². The number of piperazine rings is 1. The molecule has 2 amide bonds. The lowest BCUT2D eigenvalue weighted by Gasteiger charge is -2.32. The normalized spacial score (nSPS) is 17.0. The minimum absolute atomic E-state index is 0.0892. The molecule has 0 aromatic heterocycles. The van der Waals surface area contributed by atoms with Gasteiger partial charge in [0.1, 0.15) is 5.82 Å². The van der Waals surface area contributed by atoms with Crippen LogP contribution in [0.1, 0.15) is 0 Å². The molecular formula is C11H15FN4O3S. The van der Waals surface area contributed by atoms with E-state index < -0.39 is 22.1 Å². The Kier molecular flexibility index (Phi) is 4.21. The van der Waals surface area contributed by atoms with Crippen LogP contribution in [0.5, 0.6) is 0 Å². The number of amides is 2. The predicted octanol–water partition coefficient (Wildman–Crippen LogP) is 0.179. The van der Waals surface area contributed by atoms with Crippen molar-refractivity contribution in [1.29, 1.82) is 0 Å². The van der Waals surface area contributed by atoms with Gasteiger partial charge in [-0.25, -0.2) is 14.3 Å². The lowest BCUT2D eigenvalue weighted by atomic mass is 10.3. The van der Waals surface area contributed by atoms with Gasteiger partial charge in [0.15, 0.2) is 0 Å². The smallest absolute Gasteiger partial charge is 0.322 e. The van der Waals surface area contributed by atoms with Crippen molar-refractivity contribution >= 4 is 21.9 Å². The average Bonchev–Trinajstić information content (AvgIpc) is 2.40. The van der Waals surface area contributed by atoms with E-state index in [1.807, 2.05) is 0 Å². The number of anilines is 1. The van der Waals surface area contributed by atoms with Crippen LogP contribution in [0.25, 0.3) is 0 Å². The molecule has 1 aromatic carbocycles. The van der Waals surface area contributed by atoms with E-state index in [1.165, 1.54) is 23.1 Å². The van der Waals surface area contributed by atoms with Crippen molar-refractivity contribution in [2.24, 2.45) is 5.14 Å². The number of halogens is 1. The summed E-state index contributed by atoms with van der Waals surface area (Å²) in [4.78, 5) is 13.3. The summed E-state index contributed by atoms with van der Waals surface area (Å²) in [5.74, 6) is -0.524. The predicted molar refractivity (Wildman–Crippen MR) is 71.7 cm³/mol. The number of benzene rings is 1. The molecule has 7 nitrogen and oxygen atoms in total. The molecule has 0 radical (unpaired) electrons. The molecule has 0 spiro atoms. The molecule has 2 rings (SSSR count). The van der Waals surface area contributed by atoms with E-state index in [-0.39, 0.29) is 31.9 Å². The highest BCUT2D eigenvalue weighted by molar-refractivity contribution is 7.86. The monoisotopic (exact) mass is 302 g/mol. The summed E-state index contributed by atoms with van der Waals surface area (Å²) in [5.41, 5.74) is 0.0892. The summed E-state index contributed by atoms with van der Waals surface area (Å²) in [6.07, 6.45) is 0. The molecule has 0 atom stereocenters. The SMILES string of the molecule is NS(=O)(=O)N1CCN(C(=O)Nc2ccccc2F)CC1. The largest absolute Gasteiger partial charge is 0.322 e. The van der Waals surface area contributed by atoms with E-state index in [4.69, 9.17) is 5.14 Å². The molecule has 1 aliphatic heterocycles. The van der Waals surface area contributed by atoms with Crippen molar-refractivity contribution in [3.8, 4) is 0 Å². The van der Waals surface area contributed by atoms with Crippen LogP contribution in [0.4, 0.5) is 14.9 Å². The summed E-state index contributed by atoms with van der Waals surface area (Å²) in [5, 5.41) is 7.45. The van der Waals surface area contributed by atoms with Crippen LogP contribution < -0.4 is 10.5 Å². The zero-order chi connectivity index (χ0) is 14.8. The Morgan fingerprint density at radius 2 is 1.80 bits per heavy atom.